The third-order valence-corrected chi connectivity index (χ3v) is 15.4. The molecular weight excluding hydrogens is 801 g/mol. The second-order valence-electron chi connectivity index (χ2n) is 17.3. The second kappa shape index (κ2) is 12.6. The molecule has 0 fully saturated rings. The van der Waals surface area contributed by atoms with E-state index in [1.165, 1.54) is 65.0 Å². The highest BCUT2D eigenvalue weighted by Gasteiger charge is 2.52. The van der Waals surface area contributed by atoms with E-state index in [9.17, 15) is 0 Å². The van der Waals surface area contributed by atoms with Gasteiger partial charge in [-0.3, -0.25) is 4.57 Å². The summed E-state index contributed by atoms with van der Waals surface area (Å²) < 4.78 is 10.1. The lowest BCUT2D eigenvalue weighted by molar-refractivity contribution is 0.669. The number of fused-ring (bicyclic) bond motifs is 20. The van der Waals surface area contributed by atoms with Gasteiger partial charge < -0.3 is 4.42 Å². The van der Waals surface area contributed by atoms with E-state index in [2.05, 4.69) is 174 Å². The van der Waals surface area contributed by atoms with E-state index in [0.717, 1.165) is 67.7 Å². The van der Waals surface area contributed by atoms with Gasteiger partial charge in [0.1, 0.15) is 11.2 Å². The van der Waals surface area contributed by atoms with E-state index in [-0.39, 0.29) is 0 Å². The van der Waals surface area contributed by atoms with Crippen molar-refractivity contribution in [1.82, 2.24) is 19.5 Å². The lowest BCUT2D eigenvalue weighted by Gasteiger charge is -2.30. The number of hydrogen-bond donors (Lipinski definition) is 0. The predicted molar refractivity (Wildman–Crippen MR) is 260 cm³/mol. The normalized spacial score (nSPS) is 14.3. The molecule has 4 aromatic heterocycles. The van der Waals surface area contributed by atoms with Crippen LogP contribution < -0.4 is 0 Å². The summed E-state index contributed by atoms with van der Waals surface area (Å²) in [4.78, 5) is 17.7. The Kier molecular flexibility index (Phi) is 6.81. The Balaban J connectivity index is 1.05. The maximum Gasteiger partial charge on any atom is 0.238 e. The lowest BCUT2D eigenvalue weighted by atomic mass is 9.70. The number of benzene rings is 8. The van der Waals surface area contributed by atoms with Crippen molar-refractivity contribution in [1.29, 1.82) is 0 Å². The third-order valence-electron chi connectivity index (χ3n) is 14.2. The van der Waals surface area contributed by atoms with Crippen LogP contribution in [0.1, 0.15) is 44.9 Å². The molecule has 0 N–H and O–H groups in total. The van der Waals surface area contributed by atoms with Crippen LogP contribution in [0.3, 0.4) is 0 Å². The van der Waals surface area contributed by atoms with Gasteiger partial charge in [-0.15, -0.1) is 11.3 Å². The summed E-state index contributed by atoms with van der Waals surface area (Å²) in [6.07, 6.45) is 4.24. The number of allylic oxidation sites excluding steroid dienone is 1. The minimum absolute atomic E-state index is 0.490. The van der Waals surface area contributed by atoms with Crippen molar-refractivity contribution in [3.05, 3.63) is 221 Å². The number of thiophene rings is 1. The smallest absolute Gasteiger partial charge is 0.238 e. The Labute approximate surface area is 371 Å². The fraction of sp³-hybridized carbons (Fsp3) is 0.0517. The van der Waals surface area contributed by atoms with Crippen molar-refractivity contribution >= 4 is 70.7 Å². The van der Waals surface area contributed by atoms with E-state index in [4.69, 9.17) is 19.4 Å². The highest BCUT2D eigenvalue weighted by atomic mass is 32.1. The molecule has 5 nitrogen and oxygen atoms in total. The molecule has 0 saturated heterocycles. The molecule has 4 heterocycles. The van der Waals surface area contributed by atoms with Crippen molar-refractivity contribution < 1.29 is 4.42 Å². The number of nitrogens with zero attached hydrogens (tertiary/aromatic N) is 4. The predicted octanol–water partition coefficient (Wildman–Crippen LogP) is 14.5. The van der Waals surface area contributed by atoms with Crippen molar-refractivity contribution in [2.24, 2.45) is 0 Å². The van der Waals surface area contributed by atoms with Crippen LogP contribution in [-0.4, -0.2) is 19.5 Å². The molecule has 12 aromatic rings. The van der Waals surface area contributed by atoms with Gasteiger partial charge in [0.05, 0.1) is 16.4 Å². The molecule has 298 valence electrons. The van der Waals surface area contributed by atoms with Crippen LogP contribution in [-0.2, 0) is 11.8 Å². The molecule has 0 radical (unpaired) electrons. The van der Waals surface area contributed by atoms with Gasteiger partial charge in [0.15, 0.2) is 11.6 Å². The van der Waals surface area contributed by atoms with Crippen LogP contribution in [0.5, 0.6) is 0 Å². The van der Waals surface area contributed by atoms with Crippen molar-refractivity contribution in [3.8, 4) is 39.6 Å². The molecule has 15 rings (SSSR count). The summed E-state index contributed by atoms with van der Waals surface area (Å²) in [7, 11) is 0. The lowest BCUT2D eigenvalue weighted by Crippen LogP contribution is -2.25. The minimum atomic E-state index is -0.490. The van der Waals surface area contributed by atoms with Crippen LogP contribution in [0, 0.1) is 0 Å². The largest absolute Gasteiger partial charge is 0.456 e. The van der Waals surface area contributed by atoms with E-state index in [1.807, 2.05) is 23.5 Å². The van der Waals surface area contributed by atoms with Gasteiger partial charge in [-0.1, -0.05) is 152 Å². The molecular formula is C58H34N4OS. The first-order chi connectivity index (χ1) is 31.7. The van der Waals surface area contributed by atoms with Crippen molar-refractivity contribution in [2.45, 2.75) is 18.3 Å². The molecule has 0 saturated carbocycles. The molecule has 8 aromatic carbocycles. The average molecular weight is 835 g/mol. The maximum atomic E-state index is 6.45. The first-order valence-corrected chi connectivity index (χ1v) is 22.8. The molecule has 6 heteroatoms. The van der Waals surface area contributed by atoms with Crippen LogP contribution in [0.2, 0.25) is 0 Å². The van der Waals surface area contributed by atoms with Gasteiger partial charge in [-0.25, -0.2) is 4.98 Å². The van der Waals surface area contributed by atoms with Gasteiger partial charge in [-0.2, -0.15) is 9.97 Å². The molecule has 3 aliphatic rings. The molecule has 64 heavy (non-hydrogen) atoms. The fourth-order valence-corrected chi connectivity index (χ4v) is 12.9. The van der Waals surface area contributed by atoms with Gasteiger partial charge in [-0.05, 0) is 93.1 Å². The number of hydrogen-bond acceptors (Lipinski definition) is 5. The average Bonchev–Trinajstić information content (AvgIpc) is 4.15. The standard InChI is InChI=1S/C58H34N4OS/c1-7-22-44-34(14-1)35-15-2-8-23-45(35)58(44)46-24-9-3-19-42(46)52-47(58)31-30-40-36-16-4-10-25-48(36)62(53(40)52)57-60-55(33-28-29-38-37-17-5-11-26-49(37)63-50(38)32-33)59-56(61-57)43-21-13-20-41-39-18-6-12-27-51(39)64-54(41)43/h1-12,14-19,21-32H,13,20H2. The number of aromatic nitrogens is 4. The van der Waals surface area contributed by atoms with E-state index < -0.39 is 5.41 Å². The topological polar surface area (TPSA) is 56.7 Å². The van der Waals surface area contributed by atoms with E-state index in [0.29, 0.717) is 17.6 Å². The Morgan fingerprint density at radius 1 is 0.516 bits per heavy atom. The first-order valence-electron chi connectivity index (χ1n) is 22.0. The highest BCUT2D eigenvalue weighted by Crippen LogP contribution is 2.64. The summed E-state index contributed by atoms with van der Waals surface area (Å²) in [6, 6.07) is 63.8. The summed E-state index contributed by atoms with van der Waals surface area (Å²) in [5, 5.41) is 5.80. The Morgan fingerprint density at radius 2 is 1.16 bits per heavy atom. The van der Waals surface area contributed by atoms with Crippen molar-refractivity contribution in [2.75, 3.05) is 0 Å². The second-order valence-corrected chi connectivity index (χ2v) is 18.3. The molecule has 0 bridgehead atoms. The van der Waals surface area contributed by atoms with Crippen LogP contribution >= 0.6 is 11.3 Å². The Bertz CT molecular complexity index is 4010. The zero-order valence-corrected chi connectivity index (χ0v) is 35.2. The highest BCUT2D eigenvalue weighted by molar-refractivity contribution is 7.20. The van der Waals surface area contributed by atoms with Crippen molar-refractivity contribution in [3.63, 3.8) is 0 Å². The van der Waals surface area contributed by atoms with E-state index >= 15 is 0 Å². The molecule has 3 aliphatic carbocycles. The zero-order chi connectivity index (χ0) is 41.7. The number of aryl methyl sites for hydroxylation is 1. The summed E-state index contributed by atoms with van der Waals surface area (Å²) in [5.74, 6) is 1.86. The van der Waals surface area contributed by atoms with Crippen LogP contribution in [0.25, 0.3) is 99.0 Å². The Hall–Kier alpha value is -7.93. The molecule has 1 spiro atoms. The third kappa shape index (κ3) is 4.40. The number of rotatable bonds is 3. The number of furan rings is 1. The summed E-state index contributed by atoms with van der Waals surface area (Å²) in [5.41, 5.74) is 16.9. The minimum Gasteiger partial charge on any atom is -0.456 e. The van der Waals surface area contributed by atoms with Gasteiger partial charge in [0.2, 0.25) is 5.95 Å². The number of para-hydroxylation sites is 2. The fourth-order valence-electron chi connectivity index (χ4n) is 11.6. The SMILES string of the molecule is C1=C(c2nc(-c3ccc4c(c3)oc3ccccc34)nc(-n3c4ccccc4c4ccc5c(c43)-c3ccccc3C53c4ccccc4-c4ccccc43)n2)c2sc3ccccc3c2CC1. The quantitative estimate of drug-likeness (QED) is 0.178. The summed E-state index contributed by atoms with van der Waals surface area (Å²) >= 11 is 1.83. The molecule has 0 unspecified atom stereocenters. The van der Waals surface area contributed by atoms with Gasteiger partial charge >= 0.3 is 0 Å². The van der Waals surface area contributed by atoms with Crippen LogP contribution in [0.15, 0.2) is 186 Å². The molecule has 0 aliphatic heterocycles. The van der Waals surface area contributed by atoms with E-state index in [1.54, 1.807) is 0 Å². The van der Waals surface area contributed by atoms with Crippen LogP contribution in [0.4, 0.5) is 0 Å². The van der Waals surface area contributed by atoms with Gasteiger partial charge in [0, 0.05) is 47.8 Å². The monoisotopic (exact) mass is 834 g/mol. The molecule has 0 amide bonds. The zero-order valence-electron chi connectivity index (χ0n) is 34.3. The Morgan fingerprint density at radius 3 is 1.98 bits per heavy atom. The van der Waals surface area contributed by atoms with Gasteiger partial charge in [0.25, 0.3) is 0 Å². The first kappa shape index (κ1) is 34.6. The maximum absolute atomic E-state index is 6.45. The molecule has 0 atom stereocenters. The summed E-state index contributed by atoms with van der Waals surface area (Å²) in [6.45, 7) is 0.